The molecule has 1 aliphatic rings. The lowest BCUT2D eigenvalue weighted by Gasteiger charge is -2.30. The highest BCUT2D eigenvalue weighted by atomic mass is 16.5. The van der Waals surface area contributed by atoms with E-state index in [1.807, 2.05) is 11.8 Å². The molecule has 0 saturated carbocycles. The van der Waals surface area contributed by atoms with Crippen LogP contribution in [0.5, 0.6) is 0 Å². The number of ether oxygens (including phenoxy) is 1. The Balaban J connectivity index is 1.97. The zero-order chi connectivity index (χ0) is 15.2. The Labute approximate surface area is 125 Å². The molecule has 1 saturated heterocycles. The number of carbonyl (C=O) groups is 1. The van der Waals surface area contributed by atoms with Crippen molar-refractivity contribution >= 4 is 5.91 Å². The minimum Gasteiger partial charge on any atom is -0.372 e. The molecule has 0 radical (unpaired) electrons. The first kappa shape index (κ1) is 15.9. The molecule has 0 N–H and O–H groups in total. The second-order valence-electron chi connectivity index (χ2n) is 5.62. The molecule has 2 rings (SSSR count). The van der Waals surface area contributed by atoms with Gasteiger partial charge >= 0.3 is 0 Å². The number of hydrogen-bond acceptors (Lipinski definition) is 5. The lowest BCUT2D eigenvalue weighted by atomic mass is 9.98. The number of hydrogen-bond donors (Lipinski definition) is 0. The van der Waals surface area contributed by atoms with Gasteiger partial charge in [0.25, 0.3) is 0 Å². The maximum atomic E-state index is 12.0. The van der Waals surface area contributed by atoms with Crippen molar-refractivity contribution < 1.29 is 14.1 Å². The maximum absolute atomic E-state index is 12.0. The first-order valence-electron chi connectivity index (χ1n) is 7.84. The predicted molar refractivity (Wildman–Crippen MR) is 78.1 cm³/mol. The summed E-state index contributed by atoms with van der Waals surface area (Å²) < 4.78 is 10.6. The summed E-state index contributed by atoms with van der Waals surface area (Å²) in [6.45, 7) is 8.24. The Bertz CT molecular complexity index is 461. The van der Waals surface area contributed by atoms with Crippen LogP contribution in [-0.4, -0.2) is 47.3 Å². The lowest BCUT2D eigenvalue weighted by molar-refractivity contribution is -0.137. The fourth-order valence-electron chi connectivity index (χ4n) is 2.48. The van der Waals surface area contributed by atoms with Crippen LogP contribution < -0.4 is 0 Å². The molecule has 6 nitrogen and oxygen atoms in total. The molecule has 1 amide bonds. The molecule has 21 heavy (non-hydrogen) atoms. The van der Waals surface area contributed by atoms with Gasteiger partial charge in [-0.15, -0.1) is 0 Å². The van der Waals surface area contributed by atoms with Gasteiger partial charge in [0, 0.05) is 25.6 Å². The van der Waals surface area contributed by atoms with Crippen molar-refractivity contribution in [3.63, 3.8) is 0 Å². The summed E-state index contributed by atoms with van der Waals surface area (Å²) >= 11 is 0. The Kier molecular flexibility index (Phi) is 5.73. The molecular weight excluding hydrogens is 270 g/mol. The zero-order valence-corrected chi connectivity index (χ0v) is 13.2. The molecule has 118 valence electrons. The molecule has 1 aromatic rings. The molecular formula is C15H25N3O3. The minimum absolute atomic E-state index is 0.0446. The third kappa shape index (κ3) is 4.03. The normalized spacial score (nSPS) is 20.5. The van der Waals surface area contributed by atoms with Crippen LogP contribution in [0.15, 0.2) is 4.52 Å². The molecule has 2 atom stereocenters. The van der Waals surface area contributed by atoms with E-state index in [1.165, 1.54) is 0 Å². The van der Waals surface area contributed by atoms with Gasteiger partial charge in [0.15, 0.2) is 5.82 Å². The highest BCUT2D eigenvalue weighted by Crippen LogP contribution is 2.27. The number of carbonyl (C=O) groups excluding carboxylic acids is 1. The number of aromatic nitrogens is 2. The summed E-state index contributed by atoms with van der Waals surface area (Å²) in [6.07, 6.45) is 2.94. The second kappa shape index (κ2) is 7.54. The molecule has 0 aromatic carbocycles. The van der Waals surface area contributed by atoms with Crippen LogP contribution in [0.3, 0.4) is 0 Å². The van der Waals surface area contributed by atoms with Crippen molar-refractivity contribution in [3.8, 4) is 0 Å². The van der Waals surface area contributed by atoms with Crippen molar-refractivity contribution in [2.45, 2.75) is 51.9 Å². The van der Waals surface area contributed by atoms with E-state index in [0.717, 1.165) is 31.6 Å². The topological polar surface area (TPSA) is 68.5 Å². The van der Waals surface area contributed by atoms with Crippen LogP contribution in [0, 0.1) is 0 Å². The van der Waals surface area contributed by atoms with Crippen LogP contribution in [-0.2, 0) is 9.53 Å². The van der Waals surface area contributed by atoms with E-state index in [4.69, 9.17) is 9.26 Å². The number of rotatable bonds is 6. The van der Waals surface area contributed by atoms with Gasteiger partial charge in [0.1, 0.15) is 6.61 Å². The van der Waals surface area contributed by atoms with Crippen molar-refractivity contribution in [1.29, 1.82) is 0 Å². The molecule has 2 unspecified atom stereocenters. The van der Waals surface area contributed by atoms with Crippen LogP contribution in [0.2, 0.25) is 0 Å². The highest BCUT2D eigenvalue weighted by Gasteiger charge is 2.28. The van der Waals surface area contributed by atoms with Gasteiger partial charge in [-0.05, 0) is 26.2 Å². The summed E-state index contributed by atoms with van der Waals surface area (Å²) in [5.41, 5.74) is 0. The Hall–Kier alpha value is -1.43. The van der Waals surface area contributed by atoms with Crippen molar-refractivity contribution in [3.05, 3.63) is 11.7 Å². The van der Waals surface area contributed by atoms with E-state index >= 15 is 0 Å². The summed E-state index contributed by atoms with van der Waals surface area (Å²) in [5.74, 6) is 1.93. The fourth-order valence-corrected chi connectivity index (χ4v) is 2.48. The first-order chi connectivity index (χ1) is 10.2. The van der Waals surface area contributed by atoms with Crippen LogP contribution in [0.25, 0.3) is 0 Å². The fraction of sp³-hybridized carbons (Fsp3) is 0.800. The number of piperidine rings is 1. The van der Waals surface area contributed by atoms with Gasteiger partial charge in [-0.1, -0.05) is 19.0 Å². The molecule has 6 heteroatoms. The van der Waals surface area contributed by atoms with Gasteiger partial charge in [0.05, 0.1) is 5.92 Å². The lowest BCUT2D eigenvalue weighted by Crippen LogP contribution is -2.41. The van der Waals surface area contributed by atoms with E-state index in [2.05, 4.69) is 24.0 Å². The third-order valence-corrected chi connectivity index (χ3v) is 4.06. The summed E-state index contributed by atoms with van der Waals surface area (Å²) in [4.78, 5) is 18.4. The summed E-state index contributed by atoms with van der Waals surface area (Å²) in [6, 6.07) is 0. The third-order valence-electron chi connectivity index (χ3n) is 4.06. The van der Waals surface area contributed by atoms with Crippen LogP contribution in [0.4, 0.5) is 0 Å². The van der Waals surface area contributed by atoms with Crippen LogP contribution in [0.1, 0.15) is 63.6 Å². The number of amides is 1. The average molecular weight is 295 g/mol. The van der Waals surface area contributed by atoms with Gasteiger partial charge in [-0.25, -0.2) is 0 Å². The van der Waals surface area contributed by atoms with E-state index in [0.29, 0.717) is 25.0 Å². The molecule has 0 spiro atoms. The quantitative estimate of drug-likeness (QED) is 0.805. The van der Waals surface area contributed by atoms with Crippen molar-refractivity contribution in [2.75, 3.05) is 26.3 Å². The molecule has 0 aliphatic carbocycles. The average Bonchev–Trinajstić information content (AvgIpc) is 3.02. The van der Waals surface area contributed by atoms with E-state index in [9.17, 15) is 4.79 Å². The van der Waals surface area contributed by atoms with Crippen molar-refractivity contribution in [2.24, 2.45) is 0 Å². The molecule has 1 aliphatic heterocycles. The van der Waals surface area contributed by atoms with E-state index in [1.54, 1.807) is 0 Å². The molecule has 1 fully saturated rings. The molecule has 2 heterocycles. The van der Waals surface area contributed by atoms with E-state index in [-0.39, 0.29) is 18.4 Å². The highest BCUT2D eigenvalue weighted by molar-refractivity contribution is 5.77. The number of nitrogens with zero attached hydrogens (tertiary/aromatic N) is 3. The second-order valence-corrected chi connectivity index (χ2v) is 5.62. The predicted octanol–water partition coefficient (Wildman–Crippen LogP) is 2.33. The Morgan fingerprint density at radius 3 is 3.05 bits per heavy atom. The van der Waals surface area contributed by atoms with Gasteiger partial charge in [-0.3, -0.25) is 4.79 Å². The van der Waals surface area contributed by atoms with Crippen molar-refractivity contribution in [1.82, 2.24) is 15.0 Å². The zero-order valence-electron chi connectivity index (χ0n) is 13.2. The largest absolute Gasteiger partial charge is 0.372 e. The SMILES string of the molecule is CCOCC(=O)N1CCCC(c2nc(C(C)CC)no2)C1. The Morgan fingerprint density at radius 1 is 1.52 bits per heavy atom. The smallest absolute Gasteiger partial charge is 0.248 e. The Morgan fingerprint density at radius 2 is 2.33 bits per heavy atom. The maximum Gasteiger partial charge on any atom is 0.248 e. The monoisotopic (exact) mass is 295 g/mol. The summed E-state index contributed by atoms with van der Waals surface area (Å²) in [7, 11) is 0. The van der Waals surface area contributed by atoms with E-state index < -0.39 is 0 Å². The van der Waals surface area contributed by atoms with Gasteiger partial charge < -0.3 is 14.2 Å². The first-order valence-corrected chi connectivity index (χ1v) is 7.84. The molecule has 0 bridgehead atoms. The molecule has 1 aromatic heterocycles. The summed E-state index contributed by atoms with van der Waals surface area (Å²) in [5, 5.41) is 4.07. The van der Waals surface area contributed by atoms with Gasteiger partial charge in [-0.2, -0.15) is 4.98 Å². The van der Waals surface area contributed by atoms with Crippen LogP contribution >= 0.6 is 0 Å². The minimum atomic E-state index is 0.0446. The van der Waals surface area contributed by atoms with Gasteiger partial charge in [0.2, 0.25) is 11.8 Å². The number of likely N-dealkylation sites (tertiary alicyclic amines) is 1. The standard InChI is InChI=1S/C15H25N3O3/c1-4-11(3)14-16-15(21-17-14)12-7-6-8-18(9-12)13(19)10-20-5-2/h11-12H,4-10H2,1-3H3.